The second-order valence-electron chi connectivity index (χ2n) is 6.95. The fourth-order valence-electron chi connectivity index (χ4n) is 3.33. The second-order valence-corrected chi connectivity index (χ2v) is 6.95. The van der Waals surface area contributed by atoms with E-state index in [4.69, 9.17) is 15.9 Å². The van der Waals surface area contributed by atoms with Crippen molar-refractivity contribution in [2.45, 2.75) is 70.6 Å². The van der Waals surface area contributed by atoms with Crippen LogP contribution in [0.4, 0.5) is 0 Å². The highest BCUT2D eigenvalue weighted by Crippen LogP contribution is 2.33. The van der Waals surface area contributed by atoms with Gasteiger partial charge in [0.2, 0.25) is 0 Å². The zero-order valence-electron chi connectivity index (χ0n) is 13.8. The summed E-state index contributed by atoms with van der Waals surface area (Å²) in [5.41, 5.74) is -0.354. The number of ether oxygens (including phenoxy) is 2. The summed E-state index contributed by atoms with van der Waals surface area (Å²) in [4.78, 5) is 2.41. The van der Waals surface area contributed by atoms with Gasteiger partial charge in [-0.15, -0.1) is 6.42 Å². The Hall–Kier alpha value is -0.560. The summed E-state index contributed by atoms with van der Waals surface area (Å²) in [5.74, 6) is 3.52. The summed E-state index contributed by atoms with van der Waals surface area (Å²) in [6.07, 6.45) is 14.0. The van der Waals surface area contributed by atoms with Crippen LogP contribution in [0.1, 0.15) is 58.8 Å². The maximum Gasteiger partial charge on any atom is 0.136 e. The number of hydrogen-bond acceptors (Lipinski definition) is 3. The van der Waals surface area contributed by atoms with Crippen molar-refractivity contribution >= 4 is 0 Å². The Balaban J connectivity index is 1.95. The van der Waals surface area contributed by atoms with Crippen molar-refractivity contribution < 1.29 is 9.47 Å². The normalized spacial score (nSPS) is 24.1. The predicted octanol–water partition coefficient (Wildman–Crippen LogP) is 3.43. The molecule has 0 aromatic carbocycles. The van der Waals surface area contributed by atoms with E-state index in [0.717, 1.165) is 32.5 Å². The van der Waals surface area contributed by atoms with Gasteiger partial charge in [-0.3, -0.25) is 4.90 Å². The summed E-state index contributed by atoms with van der Waals surface area (Å²) in [5, 5.41) is 0. The highest BCUT2D eigenvalue weighted by molar-refractivity contribution is 5.10. The number of nitrogens with zero attached hydrogens (tertiary/aromatic N) is 1. The van der Waals surface area contributed by atoms with Gasteiger partial charge in [-0.1, -0.05) is 26.2 Å². The minimum atomic E-state index is -0.354. The first-order chi connectivity index (χ1) is 10.2. The SMILES string of the molecule is C#CC1(OC(COCC(C)C)N2CCCC2)CCCCC1. The molecule has 0 radical (unpaired) electrons. The topological polar surface area (TPSA) is 21.7 Å². The number of likely N-dealkylation sites (tertiary alicyclic amines) is 1. The second kappa shape index (κ2) is 8.17. The highest BCUT2D eigenvalue weighted by Gasteiger charge is 2.36. The summed E-state index contributed by atoms with van der Waals surface area (Å²) in [7, 11) is 0. The fourth-order valence-corrected chi connectivity index (χ4v) is 3.33. The van der Waals surface area contributed by atoms with E-state index in [1.807, 2.05) is 0 Å². The van der Waals surface area contributed by atoms with E-state index < -0.39 is 0 Å². The van der Waals surface area contributed by atoms with Gasteiger partial charge in [0.1, 0.15) is 11.8 Å². The molecule has 0 aromatic heterocycles. The molecule has 1 heterocycles. The first-order valence-electron chi connectivity index (χ1n) is 8.62. The lowest BCUT2D eigenvalue weighted by molar-refractivity contribution is -0.162. The van der Waals surface area contributed by atoms with Gasteiger partial charge in [0, 0.05) is 19.7 Å². The predicted molar refractivity (Wildman–Crippen MR) is 86.0 cm³/mol. The molecule has 0 bridgehead atoms. The molecular formula is C18H31NO2. The maximum absolute atomic E-state index is 6.46. The van der Waals surface area contributed by atoms with Crippen molar-refractivity contribution in [3.8, 4) is 12.3 Å². The van der Waals surface area contributed by atoms with Gasteiger partial charge in [-0.05, 0) is 44.4 Å². The van der Waals surface area contributed by atoms with Gasteiger partial charge in [-0.25, -0.2) is 0 Å². The van der Waals surface area contributed by atoms with Crippen molar-refractivity contribution in [2.24, 2.45) is 5.92 Å². The third kappa shape index (κ3) is 4.98. The van der Waals surface area contributed by atoms with E-state index in [2.05, 4.69) is 24.7 Å². The molecule has 3 heteroatoms. The van der Waals surface area contributed by atoms with Crippen LogP contribution in [0.5, 0.6) is 0 Å². The van der Waals surface area contributed by atoms with Crippen molar-refractivity contribution in [1.82, 2.24) is 4.90 Å². The van der Waals surface area contributed by atoms with Gasteiger partial charge in [0.25, 0.3) is 0 Å². The van der Waals surface area contributed by atoms with Crippen LogP contribution in [0.2, 0.25) is 0 Å². The Morgan fingerprint density at radius 2 is 1.71 bits per heavy atom. The summed E-state index contributed by atoms with van der Waals surface area (Å²) in [6, 6.07) is 0. The fraction of sp³-hybridized carbons (Fsp3) is 0.889. The van der Waals surface area contributed by atoms with Crippen molar-refractivity contribution in [3.63, 3.8) is 0 Å². The average Bonchev–Trinajstić information content (AvgIpc) is 3.01. The lowest BCUT2D eigenvalue weighted by atomic mass is 9.85. The molecule has 2 aliphatic rings. The van der Waals surface area contributed by atoms with E-state index in [-0.39, 0.29) is 11.8 Å². The van der Waals surface area contributed by atoms with E-state index in [1.165, 1.54) is 32.1 Å². The molecule has 3 nitrogen and oxygen atoms in total. The van der Waals surface area contributed by atoms with Crippen LogP contribution in [0.25, 0.3) is 0 Å². The lowest BCUT2D eigenvalue weighted by Gasteiger charge is -2.39. The van der Waals surface area contributed by atoms with E-state index >= 15 is 0 Å². The maximum atomic E-state index is 6.46. The molecule has 2 fully saturated rings. The molecule has 0 N–H and O–H groups in total. The molecule has 1 saturated heterocycles. The summed E-state index contributed by atoms with van der Waals surface area (Å²) in [6.45, 7) is 8.00. The van der Waals surface area contributed by atoms with Crippen LogP contribution in [0.15, 0.2) is 0 Å². The molecule has 0 spiro atoms. The molecule has 1 atom stereocenters. The smallest absolute Gasteiger partial charge is 0.136 e. The van der Waals surface area contributed by atoms with Crippen LogP contribution in [-0.2, 0) is 9.47 Å². The first kappa shape index (κ1) is 16.8. The zero-order valence-corrected chi connectivity index (χ0v) is 13.8. The molecule has 21 heavy (non-hydrogen) atoms. The average molecular weight is 293 g/mol. The van der Waals surface area contributed by atoms with Gasteiger partial charge in [0.15, 0.2) is 0 Å². The number of terminal acetylenes is 1. The molecule has 0 amide bonds. The van der Waals surface area contributed by atoms with E-state index in [0.29, 0.717) is 12.5 Å². The van der Waals surface area contributed by atoms with Gasteiger partial charge in [0.05, 0.1) is 6.61 Å². The molecule has 1 saturated carbocycles. The van der Waals surface area contributed by atoms with Crippen LogP contribution >= 0.6 is 0 Å². The van der Waals surface area contributed by atoms with Crippen molar-refractivity contribution in [1.29, 1.82) is 0 Å². The monoisotopic (exact) mass is 293 g/mol. The van der Waals surface area contributed by atoms with Crippen molar-refractivity contribution in [2.75, 3.05) is 26.3 Å². The van der Waals surface area contributed by atoms with Gasteiger partial charge >= 0.3 is 0 Å². The minimum absolute atomic E-state index is 0.0281. The quantitative estimate of drug-likeness (QED) is 0.671. The standard InChI is InChI=1S/C18H31NO2/c1-4-18(10-6-5-7-11-18)21-17(15-20-14-16(2)3)19-12-8-9-13-19/h1,16-17H,5-15H2,2-3H3. The highest BCUT2D eigenvalue weighted by atomic mass is 16.6. The molecule has 0 aromatic rings. The lowest BCUT2D eigenvalue weighted by Crippen LogP contribution is -2.47. The molecular weight excluding hydrogens is 262 g/mol. The summed E-state index contributed by atoms with van der Waals surface area (Å²) < 4.78 is 12.3. The Morgan fingerprint density at radius 3 is 2.29 bits per heavy atom. The van der Waals surface area contributed by atoms with E-state index in [1.54, 1.807) is 0 Å². The Morgan fingerprint density at radius 1 is 1.05 bits per heavy atom. The third-order valence-electron chi connectivity index (χ3n) is 4.55. The van der Waals surface area contributed by atoms with Crippen molar-refractivity contribution in [3.05, 3.63) is 0 Å². The molecule has 2 rings (SSSR count). The Labute approximate surface area is 130 Å². The number of rotatable bonds is 7. The van der Waals surface area contributed by atoms with Crippen LogP contribution in [-0.4, -0.2) is 43.0 Å². The van der Waals surface area contributed by atoms with Crippen LogP contribution in [0.3, 0.4) is 0 Å². The Bertz CT molecular complexity index is 336. The van der Waals surface area contributed by atoms with Gasteiger partial charge in [-0.2, -0.15) is 0 Å². The van der Waals surface area contributed by atoms with Crippen LogP contribution in [0, 0.1) is 18.3 Å². The largest absolute Gasteiger partial charge is 0.377 e. The van der Waals surface area contributed by atoms with E-state index in [9.17, 15) is 0 Å². The molecule has 1 unspecified atom stereocenters. The first-order valence-corrected chi connectivity index (χ1v) is 8.62. The molecule has 1 aliphatic carbocycles. The Kier molecular flexibility index (Phi) is 6.54. The minimum Gasteiger partial charge on any atom is -0.377 e. The molecule has 120 valence electrons. The molecule has 1 aliphatic heterocycles. The zero-order chi connectivity index (χ0) is 15.1. The third-order valence-corrected chi connectivity index (χ3v) is 4.55. The van der Waals surface area contributed by atoms with Gasteiger partial charge < -0.3 is 9.47 Å². The summed E-state index contributed by atoms with van der Waals surface area (Å²) >= 11 is 0. The number of hydrogen-bond donors (Lipinski definition) is 0. The van der Waals surface area contributed by atoms with Crippen LogP contribution < -0.4 is 0 Å².